The van der Waals surface area contributed by atoms with Crippen LogP contribution in [0.5, 0.6) is 0 Å². The van der Waals surface area contributed by atoms with Gasteiger partial charge in [-0.05, 0) is 44.4 Å². The lowest BCUT2D eigenvalue weighted by Crippen LogP contribution is -2.26. The number of hydrogen-bond donors (Lipinski definition) is 2. The Balaban J connectivity index is 2.29. The van der Waals surface area contributed by atoms with E-state index < -0.39 is 0 Å². The van der Waals surface area contributed by atoms with Crippen LogP contribution in [0.25, 0.3) is 0 Å². The largest absolute Gasteiger partial charge is 0.467 e. The van der Waals surface area contributed by atoms with Crippen LogP contribution >= 0.6 is 0 Å². The molecular formula is C14H24N2O2. The van der Waals surface area contributed by atoms with Gasteiger partial charge in [0.1, 0.15) is 5.76 Å². The standard InChI is InChI=1S/C14H24N2O2/c1-3-12(8-9-15)6-7-14(17)16-11(2)13-5-4-10-18-13/h4-5,10-12H,3,6-9,15H2,1-2H3,(H,16,17)/t11-,12?/m0/s1. The molecule has 0 spiro atoms. The average Bonchev–Trinajstić information content (AvgIpc) is 2.88. The predicted molar refractivity (Wildman–Crippen MR) is 72.0 cm³/mol. The van der Waals surface area contributed by atoms with Gasteiger partial charge < -0.3 is 15.5 Å². The lowest BCUT2D eigenvalue weighted by Gasteiger charge is -2.15. The van der Waals surface area contributed by atoms with Gasteiger partial charge in [0.25, 0.3) is 0 Å². The first-order valence-electron chi connectivity index (χ1n) is 6.70. The molecule has 2 atom stereocenters. The topological polar surface area (TPSA) is 68.3 Å². The molecule has 0 aliphatic rings. The van der Waals surface area contributed by atoms with Crippen molar-refractivity contribution < 1.29 is 9.21 Å². The van der Waals surface area contributed by atoms with Crippen LogP contribution in [-0.2, 0) is 4.79 Å². The number of nitrogens with two attached hydrogens (primary N) is 1. The van der Waals surface area contributed by atoms with E-state index in [1.807, 2.05) is 19.1 Å². The van der Waals surface area contributed by atoms with Gasteiger partial charge in [0.05, 0.1) is 12.3 Å². The molecule has 0 bridgehead atoms. The maximum atomic E-state index is 11.8. The number of amides is 1. The average molecular weight is 252 g/mol. The summed E-state index contributed by atoms with van der Waals surface area (Å²) in [4.78, 5) is 11.8. The van der Waals surface area contributed by atoms with Crippen LogP contribution in [0.15, 0.2) is 22.8 Å². The molecule has 0 aliphatic carbocycles. The Morgan fingerprint density at radius 2 is 2.28 bits per heavy atom. The molecule has 1 aromatic heterocycles. The summed E-state index contributed by atoms with van der Waals surface area (Å²) in [5.74, 6) is 1.42. The third-order valence-electron chi connectivity index (χ3n) is 3.28. The smallest absolute Gasteiger partial charge is 0.220 e. The van der Waals surface area contributed by atoms with Gasteiger partial charge in [-0.1, -0.05) is 13.3 Å². The summed E-state index contributed by atoms with van der Waals surface area (Å²) in [6.07, 6.45) is 5.16. The number of hydrogen-bond acceptors (Lipinski definition) is 3. The minimum Gasteiger partial charge on any atom is -0.467 e. The minimum absolute atomic E-state index is 0.0675. The zero-order chi connectivity index (χ0) is 13.4. The molecule has 1 unspecified atom stereocenters. The fraction of sp³-hybridized carbons (Fsp3) is 0.643. The van der Waals surface area contributed by atoms with Gasteiger partial charge in [-0.3, -0.25) is 4.79 Å². The van der Waals surface area contributed by atoms with Crippen molar-refractivity contribution in [3.05, 3.63) is 24.2 Å². The molecule has 1 amide bonds. The Morgan fingerprint density at radius 1 is 1.50 bits per heavy atom. The predicted octanol–water partition coefficient (Wildman–Crippen LogP) is 2.61. The van der Waals surface area contributed by atoms with Gasteiger partial charge in [0.15, 0.2) is 0 Å². The quantitative estimate of drug-likeness (QED) is 0.747. The highest BCUT2D eigenvalue weighted by atomic mass is 16.3. The highest BCUT2D eigenvalue weighted by Gasteiger charge is 2.13. The van der Waals surface area contributed by atoms with E-state index in [-0.39, 0.29) is 11.9 Å². The molecule has 1 heterocycles. The van der Waals surface area contributed by atoms with Crippen LogP contribution < -0.4 is 11.1 Å². The zero-order valence-corrected chi connectivity index (χ0v) is 11.3. The van der Waals surface area contributed by atoms with E-state index >= 15 is 0 Å². The van der Waals surface area contributed by atoms with E-state index in [0.717, 1.165) is 25.0 Å². The van der Waals surface area contributed by atoms with E-state index in [0.29, 0.717) is 18.9 Å². The van der Waals surface area contributed by atoms with Crippen LogP contribution in [-0.4, -0.2) is 12.5 Å². The van der Waals surface area contributed by atoms with Crippen LogP contribution in [0.4, 0.5) is 0 Å². The Morgan fingerprint density at radius 3 is 2.83 bits per heavy atom. The van der Waals surface area contributed by atoms with Crippen molar-refractivity contribution in [1.29, 1.82) is 0 Å². The van der Waals surface area contributed by atoms with Crippen molar-refractivity contribution in [3.8, 4) is 0 Å². The van der Waals surface area contributed by atoms with Crippen molar-refractivity contribution in [1.82, 2.24) is 5.32 Å². The summed E-state index contributed by atoms with van der Waals surface area (Å²) in [5, 5.41) is 2.94. The normalized spacial score (nSPS) is 14.2. The first kappa shape index (κ1) is 14.8. The molecule has 4 nitrogen and oxygen atoms in total. The fourth-order valence-electron chi connectivity index (χ4n) is 2.05. The summed E-state index contributed by atoms with van der Waals surface area (Å²) in [6, 6.07) is 3.63. The number of carbonyl (C=O) groups is 1. The summed E-state index contributed by atoms with van der Waals surface area (Å²) in [7, 11) is 0. The minimum atomic E-state index is -0.0675. The zero-order valence-electron chi connectivity index (χ0n) is 11.3. The van der Waals surface area contributed by atoms with Gasteiger partial charge >= 0.3 is 0 Å². The summed E-state index contributed by atoms with van der Waals surface area (Å²) in [6.45, 7) is 4.76. The summed E-state index contributed by atoms with van der Waals surface area (Å²) < 4.78 is 5.25. The highest BCUT2D eigenvalue weighted by molar-refractivity contribution is 5.76. The summed E-state index contributed by atoms with van der Waals surface area (Å²) >= 11 is 0. The second kappa shape index (κ2) is 7.93. The third kappa shape index (κ3) is 4.92. The molecule has 102 valence electrons. The molecule has 1 aromatic rings. The molecule has 0 saturated carbocycles. The second-order valence-electron chi connectivity index (χ2n) is 4.69. The second-order valence-corrected chi connectivity index (χ2v) is 4.69. The molecule has 0 aromatic carbocycles. The molecule has 4 heteroatoms. The molecular weight excluding hydrogens is 228 g/mol. The Bertz CT molecular complexity index is 336. The van der Waals surface area contributed by atoms with Crippen molar-refractivity contribution in [3.63, 3.8) is 0 Å². The van der Waals surface area contributed by atoms with Gasteiger partial charge in [0, 0.05) is 6.42 Å². The maximum absolute atomic E-state index is 11.8. The number of carbonyl (C=O) groups excluding carboxylic acids is 1. The van der Waals surface area contributed by atoms with Crippen molar-refractivity contribution >= 4 is 5.91 Å². The van der Waals surface area contributed by atoms with Gasteiger partial charge in [0.2, 0.25) is 5.91 Å². The van der Waals surface area contributed by atoms with Crippen LogP contribution in [0.2, 0.25) is 0 Å². The fourth-order valence-corrected chi connectivity index (χ4v) is 2.05. The first-order valence-corrected chi connectivity index (χ1v) is 6.70. The molecule has 1 rings (SSSR count). The Hall–Kier alpha value is -1.29. The molecule has 0 radical (unpaired) electrons. The van der Waals surface area contributed by atoms with Crippen molar-refractivity contribution in [2.75, 3.05) is 6.54 Å². The Kier molecular flexibility index (Phi) is 6.50. The number of rotatable bonds is 8. The molecule has 0 fully saturated rings. The van der Waals surface area contributed by atoms with Crippen LogP contribution in [0.1, 0.15) is 51.3 Å². The van der Waals surface area contributed by atoms with E-state index in [2.05, 4.69) is 12.2 Å². The number of nitrogens with one attached hydrogen (secondary N) is 1. The lowest BCUT2D eigenvalue weighted by molar-refractivity contribution is -0.122. The van der Waals surface area contributed by atoms with Crippen molar-refractivity contribution in [2.24, 2.45) is 11.7 Å². The van der Waals surface area contributed by atoms with E-state index in [9.17, 15) is 4.79 Å². The highest BCUT2D eigenvalue weighted by Crippen LogP contribution is 2.16. The van der Waals surface area contributed by atoms with E-state index in [1.165, 1.54) is 0 Å². The van der Waals surface area contributed by atoms with Gasteiger partial charge in [-0.25, -0.2) is 0 Å². The monoisotopic (exact) mass is 252 g/mol. The van der Waals surface area contributed by atoms with E-state index in [1.54, 1.807) is 6.26 Å². The molecule has 18 heavy (non-hydrogen) atoms. The van der Waals surface area contributed by atoms with Crippen LogP contribution in [0, 0.1) is 5.92 Å². The van der Waals surface area contributed by atoms with Gasteiger partial charge in [-0.15, -0.1) is 0 Å². The summed E-state index contributed by atoms with van der Waals surface area (Å²) in [5.41, 5.74) is 5.54. The number of furan rings is 1. The van der Waals surface area contributed by atoms with Gasteiger partial charge in [-0.2, -0.15) is 0 Å². The lowest BCUT2D eigenvalue weighted by atomic mass is 9.96. The maximum Gasteiger partial charge on any atom is 0.220 e. The Labute approximate surface area is 109 Å². The van der Waals surface area contributed by atoms with Crippen molar-refractivity contribution in [2.45, 2.75) is 45.6 Å². The molecule has 0 aliphatic heterocycles. The first-order chi connectivity index (χ1) is 8.67. The molecule has 0 saturated heterocycles. The SMILES string of the molecule is CCC(CCN)CCC(=O)N[C@@H](C)c1ccco1. The molecule has 3 N–H and O–H groups in total. The third-order valence-corrected chi connectivity index (χ3v) is 3.28. The van der Waals surface area contributed by atoms with Crippen LogP contribution in [0.3, 0.4) is 0 Å². The van der Waals surface area contributed by atoms with E-state index in [4.69, 9.17) is 10.2 Å².